The monoisotopic (exact) mass is 388 g/mol. The summed E-state index contributed by atoms with van der Waals surface area (Å²) in [5.74, 6) is 1.15. The van der Waals surface area contributed by atoms with Crippen LogP contribution in [0.5, 0.6) is 5.75 Å². The molecule has 1 aromatic carbocycles. The van der Waals surface area contributed by atoms with Gasteiger partial charge >= 0.3 is 0 Å². The molecule has 2 heterocycles. The van der Waals surface area contributed by atoms with Crippen molar-refractivity contribution in [2.24, 2.45) is 22.4 Å². The Morgan fingerprint density at radius 2 is 2.04 bits per heavy atom. The first-order valence-corrected chi connectivity index (χ1v) is 8.25. The van der Waals surface area contributed by atoms with Crippen molar-refractivity contribution in [2.45, 2.75) is 31.8 Å². The summed E-state index contributed by atoms with van der Waals surface area (Å²) in [7, 11) is 0. The van der Waals surface area contributed by atoms with E-state index in [2.05, 4.69) is 11.1 Å². The summed E-state index contributed by atoms with van der Waals surface area (Å²) in [4.78, 5) is 18.5. The predicted octanol–water partition coefficient (Wildman–Crippen LogP) is 1.74. The van der Waals surface area contributed by atoms with Crippen LogP contribution in [0.4, 0.5) is 0 Å². The number of fused-ring (bicyclic) bond motifs is 1. The zero-order valence-electron chi connectivity index (χ0n) is 14.1. The molecule has 3 rings (SSSR count). The van der Waals surface area contributed by atoms with Crippen molar-refractivity contribution in [1.29, 1.82) is 0 Å². The Morgan fingerprint density at radius 1 is 1.28 bits per heavy atom. The van der Waals surface area contributed by atoms with Gasteiger partial charge in [-0.1, -0.05) is 18.2 Å². The van der Waals surface area contributed by atoms with E-state index in [1.54, 1.807) is 4.90 Å². The Morgan fingerprint density at radius 3 is 2.80 bits per heavy atom. The summed E-state index contributed by atoms with van der Waals surface area (Å²) in [6, 6.07) is 8.09. The molecule has 2 atom stereocenters. The number of halogens is 2. The highest BCUT2D eigenvalue weighted by Crippen LogP contribution is 2.30. The van der Waals surface area contributed by atoms with Gasteiger partial charge in [0.2, 0.25) is 5.91 Å². The minimum absolute atomic E-state index is 0. The van der Waals surface area contributed by atoms with Crippen molar-refractivity contribution >= 4 is 36.7 Å². The molecule has 1 aromatic rings. The molecule has 0 aromatic heterocycles. The van der Waals surface area contributed by atoms with Crippen LogP contribution >= 0.6 is 24.8 Å². The maximum absolute atomic E-state index is 12.6. The predicted molar refractivity (Wildman–Crippen MR) is 104 cm³/mol. The van der Waals surface area contributed by atoms with Crippen LogP contribution in [0.25, 0.3) is 0 Å². The van der Waals surface area contributed by atoms with Crippen molar-refractivity contribution in [2.75, 3.05) is 19.6 Å². The van der Waals surface area contributed by atoms with Gasteiger partial charge in [0.05, 0.1) is 18.6 Å². The third-order valence-electron chi connectivity index (χ3n) is 4.50. The Hall–Kier alpha value is -1.50. The van der Waals surface area contributed by atoms with Crippen LogP contribution in [0.3, 0.4) is 0 Å². The molecule has 2 unspecified atom stereocenters. The number of hydrogen-bond acceptors (Lipinski definition) is 5. The van der Waals surface area contributed by atoms with Crippen LogP contribution < -0.4 is 16.2 Å². The summed E-state index contributed by atoms with van der Waals surface area (Å²) in [5, 5.41) is 0. The summed E-state index contributed by atoms with van der Waals surface area (Å²) >= 11 is 0. The van der Waals surface area contributed by atoms with E-state index in [1.165, 1.54) is 5.56 Å². The number of aryl methyl sites for hydroxylation is 1. The molecule has 0 saturated heterocycles. The number of amides is 1. The number of carbonyl (C=O) groups excluding carboxylic acids is 1. The number of nitrogens with zero attached hydrogens (tertiary/aromatic N) is 2. The van der Waals surface area contributed by atoms with Crippen molar-refractivity contribution < 1.29 is 9.53 Å². The first-order valence-electron chi connectivity index (χ1n) is 8.25. The van der Waals surface area contributed by atoms with E-state index in [0.29, 0.717) is 32.0 Å². The third kappa shape index (κ3) is 5.00. The molecule has 25 heavy (non-hydrogen) atoms. The van der Waals surface area contributed by atoms with Gasteiger partial charge < -0.3 is 16.2 Å². The van der Waals surface area contributed by atoms with Crippen molar-refractivity contribution in [3.05, 3.63) is 29.8 Å². The van der Waals surface area contributed by atoms with E-state index in [1.807, 2.05) is 18.2 Å². The lowest BCUT2D eigenvalue weighted by molar-refractivity contribution is -0.133. The largest absolute Gasteiger partial charge is 0.490 e. The van der Waals surface area contributed by atoms with Crippen molar-refractivity contribution in [3.8, 4) is 5.75 Å². The zero-order chi connectivity index (χ0) is 16.2. The quantitative estimate of drug-likeness (QED) is 0.802. The average Bonchev–Trinajstić information content (AvgIpc) is 2.57. The van der Waals surface area contributed by atoms with E-state index in [-0.39, 0.29) is 42.7 Å². The number of aliphatic imine (C=N–C) groups is 1. The van der Waals surface area contributed by atoms with Crippen LogP contribution in [0.15, 0.2) is 29.3 Å². The molecule has 0 radical (unpaired) electrons. The van der Waals surface area contributed by atoms with Gasteiger partial charge in [-0.25, -0.2) is 0 Å². The molecule has 8 heteroatoms. The normalized spacial score (nSPS) is 22.0. The second-order valence-electron chi connectivity index (χ2n) is 6.15. The standard InChI is InChI=1S/C17H24N4O2.2ClH/c18-8-3-9-21-16(22)13(11-20-17(21)19)10-14-7-6-12-4-1-2-5-15(12)23-14;;/h1-2,4-5,13-14H,3,6-11,18H2,(H2,19,20);2*1H. The topological polar surface area (TPSA) is 93.9 Å². The summed E-state index contributed by atoms with van der Waals surface area (Å²) in [5.41, 5.74) is 12.6. The zero-order valence-corrected chi connectivity index (χ0v) is 15.7. The Labute approximate surface area is 160 Å². The van der Waals surface area contributed by atoms with Gasteiger partial charge in [-0.2, -0.15) is 0 Å². The maximum Gasteiger partial charge on any atom is 0.234 e. The molecule has 0 spiro atoms. The van der Waals surface area contributed by atoms with Crippen LogP contribution in [0, 0.1) is 5.92 Å². The molecule has 0 aliphatic carbocycles. The van der Waals surface area contributed by atoms with Crippen LogP contribution in [0.2, 0.25) is 0 Å². The Kier molecular flexibility index (Phi) is 8.48. The van der Waals surface area contributed by atoms with Crippen LogP contribution in [-0.2, 0) is 11.2 Å². The fraction of sp³-hybridized carbons (Fsp3) is 0.529. The van der Waals surface area contributed by atoms with E-state index in [4.69, 9.17) is 16.2 Å². The summed E-state index contributed by atoms with van der Waals surface area (Å²) < 4.78 is 6.06. The lowest BCUT2D eigenvalue weighted by Crippen LogP contribution is -2.50. The van der Waals surface area contributed by atoms with E-state index in [0.717, 1.165) is 25.0 Å². The lowest BCUT2D eigenvalue weighted by Gasteiger charge is -2.33. The van der Waals surface area contributed by atoms with Gasteiger partial charge in [0.25, 0.3) is 0 Å². The Bertz CT molecular complexity index is 612. The van der Waals surface area contributed by atoms with Crippen molar-refractivity contribution in [3.63, 3.8) is 0 Å². The average molecular weight is 389 g/mol. The molecule has 6 nitrogen and oxygen atoms in total. The van der Waals surface area contributed by atoms with E-state index >= 15 is 0 Å². The molecular formula is C17H26Cl2N4O2. The molecule has 2 aliphatic heterocycles. The molecule has 2 aliphatic rings. The maximum atomic E-state index is 12.6. The second kappa shape index (κ2) is 9.85. The minimum Gasteiger partial charge on any atom is -0.490 e. The summed E-state index contributed by atoms with van der Waals surface area (Å²) in [6.07, 6.45) is 3.39. The lowest BCUT2D eigenvalue weighted by atomic mass is 9.93. The smallest absolute Gasteiger partial charge is 0.234 e. The van der Waals surface area contributed by atoms with Crippen molar-refractivity contribution in [1.82, 2.24) is 4.90 Å². The molecule has 0 saturated carbocycles. The van der Waals surface area contributed by atoms with E-state index < -0.39 is 0 Å². The van der Waals surface area contributed by atoms with Gasteiger partial charge in [0.15, 0.2) is 5.96 Å². The molecule has 4 N–H and O–H groups in total. The molecule has 0 fully saturated rings. The number of para-hydroxylation sites is 1. The number of nitrogens with two attached hydrogens (primary N) is 2. The third-order valence-corrected chi connectivity index (χ3v) is 4.50. The number of ether oxygens (including phenoxy) is 1. The highest BCUT2D eigenvalue weighted by molar-refractivity contribution is 5.99. The second-order valence-corrected chi connectivity index (χ2v) is 6.15. The number of carbonyl (C=O) groups is 1. The van der Waals surface area contributed by atoms with Gasteiger partial charge in [0, 0.05) is 6.54 Å². The van der Waals surface area contributed by atoms with E-state index in [9.17, 15) is 4.79 Å². The first kappa shape index (κ1) is 21.5. The fourth-order valence-corrected chi connectivity index (χ4v) is 3.21. The number of hydrogen-bond donors (Lipinski definition) is 2. The van der Waals surface area contributed by atoms with Gasteiger partial charge in [-0.3, -0.25) is 14.7 Å². The highest BCUT2D eigenvalue weighted by atomic mass is 35.5. The highest BCUT2D eigenvalue weighted by Gasteiger charge is 2.33. The molecule has 140 valence electrons. The van der Waals surface area contributed by atoms with Crippen LogP contribution in [-0.4, -0.2) is 42.5 Å². The Balaban J connectivity index is 0.00000156. The molecule has 1 amide bonds. The van der Waals surface area contributed by atoms with Gasteiger partial charge in [-0.05, 0) is 43.9 Å². The first-order chi connectivity index (χ1) is 11.2. The molecular weight excluding hydrogens is 363 g/mol. The summed E-state index contributed by atoms with van der Waals surface area (Å²) in [6.45, 7) is 1.52. The molecule has 0 bridgehead atoms. The number of benzene rings is 1. The minimum atomic E-state index is -0.157. The van der Waals surface area contributed by atoms with Gasteiger partial charge in [-0.15, -0.1) is 24.8 Å². The van der Waals surface area contributed by atoms with Crippen LogP contribution in [0.1, 0.15) is 24.8 Å². The van der Waals surface area contributed by atoms with Gasteiger partial charge in [0.1, 0.15) is 5.75 Å². The number of rotatable bonds is 5. The number of guanidine groups is 1. The fourth-order valence-electron chi connectivity index (χ4n) is 3.21. The SMILES string of the molecule is Cl.Cl.NCCCN1C(=O)C(CC2CCc3ccccc3O2)CN=C1N.